The number of methoxy groups -OCH3 is 1. The van der Waals surface area contributed by atoms with Crippen molar-refractivity contribution in [1.82, 2.24) is 36.0 Å². The van der Waals surface area contributed by atoms with Gasteiger partial charge in [0, 0.05) is 48.5 Å². The molecule has 354 valence electrons. The Balaban J connectivity index is 2.80. The Hall–Kier alpha value is -6.42. The van der Waals surface area contributed by atoms with Crippen LogP contribution in [0.15, 0.2) is 42.6 Å². The molecule has 0 aliphatic carbocycles. The monoisotopic (exact) mass is 903 g/mol. The number of cyclic esters (lactones) is 2. The summed E-state index contributed by atoms with van der Waals surface area (Å²) in [4.78, 5) is 138. The van der Waals surface area contributed by atoms with Crippen LogP contribution < -0.4 is 21.3 Å². The number of likely N-dealkylation sites (N-methyl/N-ethyl adjacent to an activating group) is 3. The van der Waals surface area contributed by atoms with Crippen LogP contribution in [0.4, 0.5) is 0 Å². The zero-order chi connectivity index (χ0) is 48.9. The molecule has 0 bridgehead atoms. The minimum Gasteiger partial charge on any atom is -0.458 e. The highest BCUT2D eigenvalue weighted by Gasteiger charge is 2.44. The Kier molecular flexibility index (Phi) is 20.0. The van der Waals surface area contributed by atoms with Crippen molar-refractivity contribution < 1.29 is 72.0 Å². The smallest absolute Gasteiger partial charge is 0.333 e. The molecule has 22 heteroatoms. The van der Waals surface area contributed by atoms with Gasteiger partial charge >= 0.3 is 17.9 Å². The molecule has 1 aromatic carbocycles. The normalized spacial score (nSPS) is 25.8. The fourth-order valence-corrected chi connectivity index (χ4v) is 6.37. The van der Waals surface area contributed by atoms with Crippen molar-refractivity contribution in [3.8, 4) is 0 Å². The van der Waals surface area contributed by atoms with Crippen LogP contribution >= 0.6 is 0 Å². The first-order valence-electron chi connectivity index (χ1n) is 20.3. The van der Waals surface area contributed by atoms with E-state index in [9.17, 15) is 53.1 Å². The lowest BCUT2D eigenvalue weighted by atomic mass is 10.1. The van der Waals surface area contributed by atoms with Crippen LogP contribution in [0.3, 0.4) is 0 Å². The van der Waals surface area contributed by atoms with Crippen LogP contribution in [0.2, 0.25) is 0 Å². The maximum absolute atomic E-state index is 14.5. The average molecular weight is 904 g/mol. The molecule has 1 heterocycles. The zero-order valence-corrected chi connectivity index (χ0v) is 38.2. The highest BCUT2D eigenvalue weighted by Crippen LogP contribution is 2.19. The van der Waals surface area contributed by atoms with Crippen LogP contribution in [0.25, 0.3) is 0 Å². The molecule has 0 radical (unpaired) electrons. The standard InChI is InChI=1S/C42H61N7O15/c1-20-37(55)47(10)22(3)36(54)46-32(24(5)62-40(58)31(23(4)50)44-27(8)51)39(57)49(12)34(26(7)61-13)42(60)63-25(6)33(45-28(9)52)41(59)64-30(19-29-17-15-14-16-18-29)38(56)48(11)21(2)35(53)43-20/h14-18,20,22-26,30-34,50H,2,19H2,1,3-13H3,(H,43,53)(H,44,51)(H,45,52)(H,46,54)/t20-,22-,23+,24+,25+,26+,30+,31-,32-,33-,34-/m0/s1. The van der Waals surface area contributed by atoms with Crippen LogP contribution in [-0.2, 0) is 73.3 Å². The largest absolute Gasteiger partial charge is 0.458 e. The molecule has 0 spiro atoms. The molecule has 1 aromatic rings. The number of nitrogens with zero attached hydrogens (tertiary/aromatic N) is 3. The van der Waals surface area contributed by atoms with Crippen molar-refractivity contribution >= 4 is 59.3 Å². The van der Waals surface area contributed by atoms with Crippen LogP contribution in [0, 0.1) is 0 Å². The van der Waals surface area contributed by atoms with E-state index in [2.05, 4.69) is 27.8 Å². The van der Waals surface area contributed by atoms with Crippen molar-refractivity contribution in [3.05, 3.63) is 48.2 Å². The van der Waals surface area contributed by atoms with E-state index in [1.165, 1.54) is 62.7 Å². The Morgan fingerprint density at radius 1 is 0.828 bits per heavy atom. The molecule has 0 unspecified atom stereocenters. The molecule has 22 nitrogen and oxygen atoms in total. The highest BCUT2D eigenvalue weighted by molar-refractivity contribution is 6.01. The van der Waals surface area contributed by atoms with Gasteiger partial charge in [0.1, 0.15) is 36.0 Å². The third-order valence-electron chi connectivity index (χ3n) is 10.5. The van der Waals surface area contributed by atoms with Gasteiger partial charge in [-0.3, -0.25) is 33.6 Å². The number of carbonyl (C=O) groups excluding carboxylic acids is 10. The number of amides is 7. The number of carbonyl (C=O) groups is 10. The van der Waals surface area contributed by atoms with E-state index in [0.29, 0.717) is 5.56 Å². The van der Waals surface area contributed by atoms with E-state index in [1.54, 1.807) is 30.3 Å². The number of rotatable bonds is 10. The summed E-state index contributed by atoms with van der Waals surface area (Å²) in [6, 6.07) is -1.26. The molecule has 11 atom stereocenters. The first kappa shape index (κ1) is 53.7. The number of esters is 3. The van der Waals surface area contributed by atoms with Gasteiger partial charge in [-0.2, -0.15) is 0 Å². The minimum atomic E-state index is -1.84. The number of hydrogen-bond donors (Lipinski definition) is 5. The molecular weight excluding hydrogens is 842 g/mol. The Labute approximate surface area is 371 Å². The summed E-state index contributed by atoms with van der Waals surface area (Å²) in [5.41, 5.74) is 0.0511. The maximum Gasteiger partial charge on any atom is 0.333 e. The number of hydrogen-bond acceptors (Lipinski definition) is 15. The maximum atomic E-state index is 14.5. The molecule has 2 rings (SSSR count). The fourth-order valence-electron chi connectivity index (χ4n) is 6.37. The predicted octanol–water partition coefficient (Wildman–Crippen LogP) is -1.92. The van der Waals surface area contributed by atoms with E-state index >= 15 is 0 Å². The molecule has 0 saturated carbocycles. The Bertz CT molecular complexity index is 1930. The number of ether oxygens (including phenoxy) is 4. The average Bonchev–Trinajstić information content (AvgIpc) is 3.23. The lowest BCUT2D eigenvalue weighted by Crippen LogP contribution is -2.62. The van der Waals surface area contributed by atoms with Gasteiger partial charge in [-0.05, 0) is 47.1 Å². The first-order chi connectivity index (χ1) is 29.7. The lowest BCUT2D eigenvalue weighted by Gasteiger charge is -2.36. The van der Waals surface area contributed by atoms with Gasteiger partial charge in [-0.1, -0.05) is 36.9 Å². The molecule has 5 N–H and O–H groups in total. The second-order valence-electron chi connectivity index (χ2n) is 15.5. The Morgan fingerprint density at radius 2 is 1.42 bits per heavy atom. The molecule has 64 heavy (non-hydrogen) atoms. The van der Waals surface area contributed by atoms with Gasteiger partial charge in [0.2, 0.25) is 29.5 Å². The van der Waals surface area contributed by atoms with E-state index in [4.69, 9.17) is 18.9 Å². The third-order valence-corrected chi connectivity index (χ3v) is 10.5. The van der Waals surface area contributed by atoms with Crippen molar-refractivity contribution in [2.45, 2.75) is 129 Å². The topological polar surface area (TPSA) is 286 Å². The van der Waals surface area contributed by atoms with Crippen LogP contribution in [0.5, 0.6) is 0 Å². The first-order valence-corrected chi connectivity index (χ1v) is 20.3. The van der Waals surface area contributed by atoms with Crippen molar-refractivity contribution in [2.24, 2.45) is 0 Å². The molecule has 1 aliphatic heterocycles. The van der Waals surface area contributed by atoms with Crippen LogP contribution in [0.1, 0.15) is 61.0 Å². The quantitative estimate of drug-likeness (QED) is 0.0972. The molecule has 1 fully saturated rings. The zero-order valence-electron chi connectivity index (χ0n) is 38.2. The van der Waals surface area contributed by atoms with E-state index in [0.717, 1.165) is 35.6 Å². The molecule has 1 saturated heterocycles. The summed E-state index contributed by atoms with van der Waals surface area (Å²) < 4.78 is 22.3. The molecule has 1 aliphatic rings. The summed E-state index contributed by atoms with van der Waals surface area (Å²) in [6.07, 6.45) is -7.68. The summed E-state index contributed by atoms with van der Waals surface area (Å²) in [7, 11) is 4.77. The summed E-state index contributed by atoms with van der Waals surface area (Å²) in [5, 5.41) is 19.7. The van der Waals surface area contributed by atoms with E-state index in [-0.39, 0.29) is 6.42 Å². The minimum absolute atomic E-state index is 0.229. The van der Waals surface area contributed by atoms with Gasteiger partial charge in [0.25, 0.3) is 11.8 Å². The molecular formula is C42H61N7O15. The summed E-state index contributed by atoms with van der Waals surface area (Å²) in [5.74, 6) is -9.90. The second-order valence-corrected chi connectivity index (χ2v) is 15.5. The van der Waals surface area contributed by atoms with E-state index < -0.39 is 132 Å². The van der Waals surface area contributed by atoms with Crippen molar-refractivity contribution in [3.63, 3.8) is 0 Å². The number of benzene rings is 1. The van der Waals surface area contributed by atoms with Gasteiger partial charge in [-0.25, -0.2) is 14.4 Å². The lowest BCUT2D eigenvalue weighted by molar-refractivity contribution is -0.173. The van der Waals surface area contributed by atoms with E-state index in [1.807, 2.05) is 0 Å². The summed E-state index contributed by atoms with van der Waals surface area (Å²) >= 11 is 0. The second kappa shape index (κ2) is 23.9. The number of nitrogens with one attached hydrogen (secondary N) is 4. The summed E-state index contributed by atoms with van der Waals surface area (Å²) in [6.45, 7) is 13.5. The van der Waals surface area contributed by atoms with Crippen molar-refractivity contribution in [2.75, 3.05) is 28.3 Å². The number of aliphatic hydroxyl groups is 1. The fraction of sp³-hybridized carbons (Fsp3) is 0.571. The van der Waals surface area contributed by atoms with Crippen LogP contribution in [-0.4, -0.2) is 174 Å². The molecule has 0 aromatic heterocycles. The van der Waals surface area contributed by atoms with Gasteiger partial charge in [-0.15, -0.1) is 0 Å². The molecule has 7 amide bonds. The van der Waals surface area contributed by atoms with Gasteiger partial charge < -0.3 is 60.0 Å². The Morgan fingerprint density at radius 3 is 1.95 bits per heavy atom. The van der Waals surface area contributed by atoms with Gasteiger partial charge in [0.15, 0.2) is 24.2 Å². The van der Waals surface area contributed by atoms with Crippen molar-refractivity contribution in [1.29, 1.82) is 0 Å². The number of aliphatic hydroxyl groups excluding tert-OH is 1. The SMILES string of the molecule is C=C1C(=O)N[C@@H](C)C(=O)N(C)[C@@H](C)C(=O)N[C@@H]([C@@H](C)OC(=O)[C@@H](NC(C)=O)[C@@H](C)O)C(=O)N(C)[C@@H]([C@@H](C)OC)C(=O)O[C@H](C)[C@H](NC(C)=O)C(=O)O[C@H](Cc2ccccc2)C(=O)N1C. The highest BCUT2D eigenvalue weighted by atomic mass is 16.6. The third kappa shape index (κ3) is 14.3. The van der Waals surface area contributed by atoms with Gasteiger partial charge in [0.05, 0.1) is 12.2 Å². The predicted molar refractivity (Wildman–Crippen MR) is 225 cm³/mol.